The number of nitro groups is 1. The number of rotatable bonds is 6. The number of nitrogens with zero attached hydrogens (tertiary/aromatic N) is 2. The Bertz CT molecular complexity index is 1170. The molecule has 31 heavy (non-hydrogen) atoms. The Labute approximate surface area is 181 Å². The van der Waals surface area contributed by atoms with Crippen molar-refractivity contribution >= 4 is 34.9 Å². The largest absolute Gasteiger partial charge is 0.452 e. The molecule has 0 aliphatic rings. The lowest BCUT2D eigenvalue weighted by molar-refractivity contribution is -0.384. The van der Waals surface area contributed by atoms with Crippen molar-refractivity contribution in [2.75, 3.05) is 11.9 Å². The Morgan fingerprint density at radius 2 is 1.84 bits per heavy atom. The molecule has 0 fully saturated rings. The predicted octanol–water partition coefficient (Wildman–Crippen LogP) is 4.59. The van der Waals surface area contributed by atoms with Crippen molar-refractivity contribution in [2.24, 2.45) is 0 Å². The van der Waals surface area contributed by atoms with Gasteiger partial charge in [-0.1, -0.05) is 11.6 Å². The Morgan fingerprint density at radius 1 is 1.16 bits per heavy atom. The standard InChI is InChI=1S/C21H17ClFN3O5/c1-12-9-17(13(2)25(12)15-5-3-14(23)4-6-15)21(28)31-11-20(27)24-19-10-16(26(29)30)7-8-18(19)22/h3-10H,11H2,1-2H3,(H,24,27). The van der Waals surface area contributed by atoms with E-state index in [1.807, 2.05) is 0 Å². The van der Waals surface area contributed by atoms with Gasteiger partial charge in [0.05, 0.1) is 21.2 Å². The summed E-state index contributed by atoms with van der Waals surface area (Å²) in [6, 6.07) is 11.0. The minimum absolute atomic E-state index is 0.0337. The second-order valence-electron chi connectivity index (χ2n) is 6.64. The first-order valence-corrected chi connectivity index (χ1v) is 9.41. The molecule has 0 spiro atoms. The average molecular weight is 446 g/mol. The van der Waals surface area contributed by atoms with E-state index in [2.05, 4.69) is 5.32 Å². The lowest BCUT2D eigenvalue weighted by Gasteiger charge is -2.10. The van der Waals surface area contributed by atoms with Crippen molar-refractivity contribution in [1.29, 1.82) is 0 Å². The average Bonchev–Trinajstić information content (AvgIpc) is 3.02. The maximum Gasteiger partial charge on any atom is 0.340 e. The first-order chi connectivity index (χ1) is 14.7. The minimum Gasteiger partial charge on any atom is -0.452 e. The second kappa shape index (κ2) is 8.97. The molecule has 10 heteroatoms. The smallest absolute Gasteiger partial charge is 0.340 e. The van der Waals surface area contributed by atoms with E-state index in [1.165, 1.54) is 24.3 Å². The molecule has 0 aliphatic carbocycles. The predicted molar refractivity (Wildman–Crippen MR) is 112 cm³/mol. The number of hydrogen-bond donors (Lipinski definition) is 1. The van der Waals surface area contributed by atoms with Crippen LogP contribution in [0.1, 0.15) is 21.7 Å². The summed E-state index contributed by atoms with van der Waals surface area (Å²) in [5.41, 5.74) is 2.01. The van der Waals surface area contributed by atoms with Crippen molar-refractivity contribution in [3.8, 4) is 5.69 Å². The van der Waals surface area contributed by atoms with Crippen molar-refractivity contribution in [1.82, 2.24) is 4.57 Å². The summed E-state index contributed by atoms with van der Waals surface area (Å²) in [6.45, 7) is 2.87. The Hall–Kier alpha value is -3.72. The van der Waals surface area contributed by atoms with E-state index in [0.717, 1.165) is 11.8 Å². The lowest BCUT2D eigenvalue weighted by atomic mass is 10.2. The number of amides is 1. The zero-order valence-electron chi connectivity index (χ0n) is 16.5. The summed E-state index contributed by atoms with van der Waals surface area (Å²) in [7, 11) is 0. The van der Waals surface area contributed by atoms with Gasteiger partial charge in [-0.3, -0.25) is 14.9 Å². The van der Waals surface area contributed by atoms with Crippen LogP contribution in [-0.2, 0) is 9.53 Å². The zero-order valence-corrected chi connectivity index (χ0v) is 17.3. The Balaban J connectivity index is 1.69. The number of nitrogens with one attached hydrogen (secondary N) is 1. The number of aryl methyl sites for hydroxylation is 1. The molecule has 0 unspecified atom stereocenters. The molecule has 8 nitrogen and oxygen atoms in total. The molecule has 3 aromatic rings. The Kier molecular flexibility index (Phi) is 6.36. The summed E-state index contributed by atoms with van der Waals surface area (Å²) in [4.78, 5) is 34.9. The van der Waals surface area contributed by atoms with Crippen LogP contribution in [0.2, 0.25) is 5.02 Å². The highest BCUT2D eigenvalue weighted by Crippen LogP contribution is 2.27. The molecule has 0 saturated carbocycles. The normalized spacial score (nSPS) is 10.6. The molecule has 0 atom stereocenters. The van der Waals surface area contributed by atoms with E-state index in [-0.39, 0.29) is 27.8 Å². The van der Waals surface area contributed by atoms with Crippen LogP contribution in [0.4, 0.5) is 15.8 Å². The third kappa shape index (κ3) is 4.89. The van der Waals surface area contributed by atoms with Crippen molar-refractivity contribution < 1.29 is 23.6 Å². The molecule has 1 heterocycles. The van der Waals surface area contributed by atoms with E-state index in [4.69, 9.17) is 16.3 Å². The number of benzene rings is 2. The quantitative estimate of drug-likeness (QED) is 0.339. The SMILES string of the molecule is Cc1cc(C(=O)OCC(=O)Nc2cc([N+](=O)[O-])ccc2Cl)c(C)n1-c1ccc(F)cc1. The number of esters is 1. The molecule has 1 amide bonds. The third-order valence-electron chi connectivity index (χ3n) is 4.51. The van der Waals surface area contributed by atoms with Crippen LogP contribution < -0.4 is 5.32 Å². The van der Waals surface area contributed by atoms with Crippen LogP contribution in [0.25, 0.3) is 5.69 Å². The highest BCUT2D eigenvalue weighted by atomic mass is 35.5. The monoisotopic (exact) mass is 445 g/mol. The van der Waals surface area contributed by atoms with Crippen molar-refractivity contribution in [3.63, 3.8) is 0 Å². The first-order valence-electron chi connectivity index (χ1n) is 9.03. The molecule has 2 aromatic carbocycles. The number of aromatic nitrogens is 1. The van der Waals surface area contributed by atoms with Crippen LogP contribution in [-0.4, -0.2) is 28.0 Å². The highest BCUT2D eigenvalue weighted by molar-refractivity contribution is 6.33. The van der Waals surface area contributed by atoms with Gasteiger partial charge in [-0.25, -0.2) is 9.18 Å². The summed E-state index contributed by atoms with van der Waals surface area (Å²) in [6.07, 6.45) is 0. The van der Waals surface area contributed by atoms with Crippen LogP contribution in [0, 0.1) is 29.8 Å². The first kappa shape index (κ1) is 22.0. The summed E-state index contributed by atoms with van der Waals surface area (Å²) in [5, 5.41) is 13.3. The fraction of sp³-hybridized carbons (Fsp3) is 0.143. The molecule has 0 bridgehead atoms. The van der Waals surface area contributed by atoms with Gasteiger partial charge in [0, 0.05) is 29.2 Å². The topological polar surface area (TPSA) is 103 Å². The number of carbonyl (C=O) groups is 2. The van der Waals surface area contributed by atoms with Gasteiger partial charge in [0.15, 0.2) is 6.61 Å². The van der Waals surface area contributed by atoms with Gasteiger partial charge in [-0.05, 0) is 50.2 Å². The van der Waals surface area contributed by atoms with Crippen LogP contribution in [0.15, 0.2) is 48.5 Å². The summed E-state index contributed by atoms with van der Waals surface area (Å²) in [5.74, 6) is -1.80. The number of ether oxygens (including phenoxy) is 1. The molecule has 0 aliphatic heterocycles. The highest BCUT2D eigenvalue weighted by Gasteiger charge is 2.19. The molecule has 0 saturated heterocycles. The summed E-state index contributed by atoms with van der Waals surface area (Å²) >= 11 is 5.94. The molecule has 160 valence electrons. The molecule has 0 radical (unpaired) electrons. The number of non-ortho nitro benzene ring substituents is 1. The Morgan fingerprint density at radius 3 is 2.48 bits per heavy atom. The van der Waals surface area contributed by atoms with Crippen molar-refractivity contribution in [2.45, 2.75) is 13.8 Å². The molecule has 1 N–H and O–H groups in total. The maximum atomic E-state index is 13.2. The van der Waals surface area contributed by atoms with Crippen LogP contribution >= 0.6 is 11.6 Å². The van der Waals surface area contributed by atoms with E-state index < -0.39 is 23.4 Å². The number of carbonyl (C=O) groups excluding carboxylic acids is 2. The van der Waals surface area contributed by atoms with Gasteiger partial charge in [0.1, 0.15) is 5.82 Å². The minimum atomic E-state index is -0.721. The maximum absolute atomic E-state index is 13.2. The lowest BCUT2D eigenvalue weighted by Crippen LogP contribution is -2.21. The van der Waals surface area contributed by atoms with Crippen molar-refractivity contribution in [3.05, 3.63) is 86.4 Å². The van der Waals surface area contributed by atoms with E-state index in [0.29, 0.717) is 11.4 Å². The summed E-state index contributed by atoms with van der Waals surface area (Å²) < 4.78 is 20.0. The molecular weight excluding hydrogens is 429 g/mol. The van der Waals surface area contributed by atoms with Gasteiger partial charge < -0.3 is 14.6 Å². The zero-order chi connectivity index (χ0) is 22.7. The van der Waals surface area contributed by atoms with Gasteiger partial charge in [-0.15, -0.1) is 0 Å². The number of halogens is 2. The molecular formula is C21H17ClFN3O5. The van der Waals surface area contributed by atoms with Crippen LogP contribution in [0.5, 0.6) is 0 Å². The fourth-order valence-corrected chi connectivity index (χ4v) is 3.24. The van der Waals surface area contributed by atoms with Crippen LogP contribution in [0.3, 0.4) is 0 Å². The van der Waals surface area contributed by atoms with E-state index >= 15 is 0 Å². The third-order valence-corrected chi connectivity index (χ3v) is 4.83. The van der Waals surface area contributed by atoms with Gasteiger partial charge in [0.25, 0.3) is 11.6 Å². The fourth-order valence-electron chi connectivity index (χ4n) is 3.07. The second-order valence-corrected chi connectivity index (χ2v) is 7.05. The molecule has 1 aromatic heterocycles. The van der Waals surface area contributed by atoms with E-state index in [9.17, 15) is 24.1 Å². The number of nitro benzene ring substituents is 1. The van der Waals surface area contributed by atoms with Gasteiger partial charge in [-0.2, -0.15) is 0 Å². The van der Waals surface area contributed by atoms with E-state index in [1.54, 1.807) is 36.6 Å². The number of hydrogen-bond acceptors (Lipinski definition) is 5. The van der Waals surface area contributed by atoms with Gasteiger partial charge in [0.2, 0.25) is 0 Å². The van der Waals surface area contributed by atoms with Gasteiger partial charge >= 0.3 is 5.97 Å². The molecule has 3 rings (SSSR count). The number of anilines is 1.